The van der Waals surface area contributed by atoms with E-state index in [2.05, 4.69) is 11.4 Å². The summed E-state index contributed by atoms with van der Waals surface area (Å²) < 4.78 is 5.20. The number of benzene rings is 2. The van der Waals surface area contributed by atoms with E-state index in [-0.39, 0.29) is 0 Å². The van der Waals surface area contributed by atoms with Crippen LogP contribution in [0.15, 0.2) is 48.5 Å². The molecule has 0 amide bonds. The van der Waals surface area contributed by atoms with Crippen LogP contribution in [0.1, 0.15) is 12.5 Å². The van der Waals surface area contributed by atoms with Crippen LogP contribution in [-0.2, 0) is 6.42 Å². The summed E-state index contributed by atoms with van der Waals surface area (Å²) in [6.07, 6.45) is 0.581. The maximum absolute atomic E-state index is 9.52. The summed E-state index contributed by atoms with van der Waals surface area (Å²) in [4.78, 5) is 0. The van der Waals surface area contributed by atoms with Gasteiger partial charge in [0.1, 0.15) is 11.3 Å². The Morgan fingerprint density at radius 3 is 2.57 bits per heavy atom. The predicted octanol–water partition coefficient (Wildman–Crippen LogP) is 4.29. The molecule has 2 rings (SSSR count). The Labute approximate surface area is 130 Å². The Morgan fingerprint density at radius 2 is 1.95 bits per heavy atom. The molecule has 1 atom stereocenters. The van der Waals surface area contributed by atoms with Crippen molar-refractivity contribution in [1.29, 1.82) is 5.26 Å². The number of ether oxygens (including phenoxy) is 1. The van der Waals surface area contributed by atoms with Gasteiger partial charge in [0.2, 0.25) is 0 Å². The largest absolute Gasteiger partial charge is 0.497 e. The van der Waals surface area contributed by atoms with Gasteiger partial charge < -0.3 is 10.1 Å². The highest BCUT2D eigenvalue weighted by molar-refractivity contribution is 6.30. The standard InChI is InChI=1S/C17H17ClN2O/c1-17(12-19,11-13-6-8-14(18)9-7-13)20-15-4-3-5-16(10-15)21-2/h3-10,20H,11H2,1-2H3. The van der Waals surface area contributed by atoms with Crippen LogP contribution < -0.4 is 10.1 Å². The van der Waals surface area contributed by atoms with Crippen molar-refractivity contribution in [1.82, 2.24) is 0 Å². The fraction of sp³-hybridized carbons (Fsp3) is 0.235. The molecule has 0 aliphatic rings. The zero-order chi connectivity index (χ0) is 15.3. The molecule has 3 nitrogen and oxygen atoms in total. The number of nitrogens with zero attached hydrogens (tertiary/aromatic N) is 1. The van der Waals surface area contributed by atoms with Gasteiger partial charge in [-0.3, -0.25) is 0 Å². The van der Waals surface area contributed by atoms with Gasteiger partial charge in [0.25, 0.3) is 0 Å². The van der Waals surface area contributed by atoms with Gasteiger partial charge in [0.15, 0.2) is 0 Å². The Kier molecular flexibility index (Phi) is 4.72. The molecule has 0 fully saturated rings. The molecule has 2 aromatic rings. The molecular weight excluding hydrogens is 284 g/mol. The molecule has 4 heteroatoms. The minimum absolute atomic E-state index is 0.581. The molecule has 1 unspecified atom stereocenters. The van der Waals surface area contributed by atoms with E-state index in [1.807, 2.05) is 55.5 Å². The first-order valence-electron chi connectivity index (χ1n) is 6.62. The van der Waals surface area contributed by atoms with E-state index >= 15 is 0 Å². The summed E-state index contributed by atoms with van der Waals surface area (Å²) in [7, 11) is 1.62. The number of rotatable bonds is 5. The summed E-state index contributed by atoms with van der Waals surface area (Å²) in [5, 5.41) is 13.5. The van der Waals surface area contributed by atoms with Crippen LogP contribution in [0.25, 0.3) is 0 Å². The van der Waals surface area contributed by atoms with Crippen molar-refractivity contribution in [3.8, 4) is 11.8 Å². The third-order valence-electron chi connectivity index (χ3n) is 3.21. The minimum atomic E-state index is -0.708. The Morgan fingerprint density at radius 1 is 1.24 bits per heavy atom. The van der Waals surface area contributed by atoms with Gasteiger partial charge in [-0.1, -0.05) is 29.8 Å². The van der Waals surface area contributed by atoms with Gasteiger partial charge in [-0.15, -0.1) is 0 Å². The maximum atomic E-state index is 9.52. The zero-order valence-corrected chi connectivity index (χ0v) is 12.8. The molecule has 0 heterocycles. The lowest BCUT2D eigenvalue weighted by Gasteiger charge is -2.25. The highest BCUT2D eigenvalue weighted by Crippen LogP contribution is 2.23. The highest BCUT2D eigenvalue weighted by atomic mass is 35.5. The summed E-state index contributed by atoms with van der Waals surface area (Å²) in [5.41, 5.74) is 1.20. The highest BCUT2D eigenvalue weighted by Gasteiger charge is 2.24. The first kappa shape index (κ1) is 15.2. The second-order valence-corrected chi connectivity index (χ2v) is 5.54. The molecule has 108 valence electrons. The van der Waals surface area contributed by atoms with Crippen LogP contribution in [0.2, 0.25) is 5.02 Å². The van der Waals surface area contributed by atoms with E-state index < -0.39 is 5.54 Å². The normalized spacial score (nSPS) is 13.0. The SMILES string of the molecule is COc1cccc(NC(C)(C#N)Cc2ccc(Cl)cc2)c1. The number of anilines is 1. The Hall–Kier alpha value is -2.18. The van der Waals surface area contributed by atoms with Gasteiger partial charge in [-0.25, -0.2) is 0 Å². The molecule has 1 N–H and O–H groups in total. The van der Waals surface area contributed by atoms with Crippen LogP contribution in [0.3, 0.4) is 0 Å². The second-order valence-electron chi connectivity index (χ2n) is 5.10. The number of nitriles is 1. The fourth-order valence-corrected chi connectivity index (χ4v) is 2.27. The molecular formula is C17H17ClN2O. The molecule has 0 radical (unpaired) electrons. The molecule has 0 aliphatic heterocycles. The van der Waals surface area contributed by atoms with Crippen LogP contribution in [0.4, 0.5) is 5.69 Å². The third-order valence-corrected chi connectivity index (χ3v) is 3.46. The molecule has 21 heavy (non-hydrogen) atoms. The summed E-state index contributed by atoms with van der Waals surface area (Å²) in [6, 6.07) is 17.4. The average molecular weight is 301 g/mol. The smallest absolute Gasteiger partial charge is 0.126 e. The van der Waals surface area contributed by atoms with Crippen molar-refractivity contribution < 1.29 is 4.74 Å². The van der Waals surface area contributed by atoms with Crippen LogP contribution in [0.5, 0.6) is 5.75 Å². The predicted molar refractivity (Wildman–Crippen MR) is 85.8 cm³/mol. The quantitative estimate of drug-likeness (QED) is 0.896. The first-order chi connectivity index (χ1) is 10.0. The van der Waals surface area contributed by atoms with E-state index in [1.165, 1.54) is 0 Å². The van der Waals surface area contributed by atoms with Crippen LogP contribution >= 0.6 is 11.6 Å². The summed E-state index contributed by atoms with van der Waals surface area (Å²) in [6.45, 7) is 1.88. The summed E-state index contributed by atoms with van der Waals surface area (Å²) >= 11 is 5.89. The minimum Gasteiger partial charge on any atom is -0.497 e. The number of halogens is 1. The lowest BCUT2D eigenvalue weighted by molar-refractivity contribution is 0.415. The van der Waals surface area contributed by atoms with E-state index in [4.69, 9.17) is 16.3 Å². The van der Waals surface area contributed by atoms with Crippen molar-refractivity contribution in [3.63, 3.8) is 0 Å². The van der Waals surface area contributed by atoms with Crippen LogP contribution in [-0.4, -0.2) is 12.6 Å². The Balaban J connectivity index is 2.17. The Bertz CT molecular complexity index is 649. The van der Waals surface area contributed by atoms with Gasteiger partial charge in [0.05, 0.1) is 13.2 Å². The molecule has 0 aliphatic carbocycles. The summed E-state index contributed by atoms with van der Waals surface area (Å²) in [5.74, 6) is 0.756. The third kappa shape index (κ3) is 4.14. The molecule has 0 saturated carbocycles. The first-order valence-corrected chi connectivity index (χ1v) is 7.00. The van der Waals surface area contributed by atoms with Gasteiger partial charge in [0, 0.05) is 23.2 Å². The topological polar surface area (TPSA) is 45.0 Å². The zero-order valence-electron chi connectivity index (χ0n) is 12.1. The van der Waals surface area contributed by atoms with Crippen molar-refractivity contribution in [2.75, 3.05) is 12.4 Å². The molecule has 2 aromatic carbocycles. The maximum Gasteiger partial charge on any atom is 0.126 e. The van der Waals surface area contributed by atoms with E-state index in [0.717, 1.165) is 17.0 Å². The number of methoxy groups -OCH3 is 1. The van der Waals surface area contributed by atoms with Crippen molar-refractivity contribution in [2.24, 2.45) is 0 Å². The average Bonchev–Trinajstić information content (AvgIpc) is 2.50. The second kappa shape index (κ2) is 6.51. The fourth-order valence-electron chi connectivity index (χ4n) is 2.14. The number of hydrogen-bond acceptors (Lipinski definition) is 3. The van der Waals surface area contributed by atoms with Crippen molar-refractivity contribution in [3.05, 3.63) is 59.1 Å². The van der Waals surface area contributed by atoms with Crippen molar-refractivity contribution in [2.45, 2.75) is 18.9 Å². The van der Waals surface area contributed by atoms with Gasteiger partial charge in [-0.05, 0) is 36.8 Å². The number of nitrogens with one attached hydrogen (secondary N) is 1. The molecule has 0 bridgehead atoms. The monoisotopic (exact) mass is 300 g/mol. The lowest BCUT2D eigenvalue weighted by atomic mass is 9.94. The van der Waals surface area contributed by atoms with Crippen LogP contribution in [0, 0.1) is 11.3 Å². The van der Waals surface area contributed by atoms with E-state index in [0.29, 0.717) is 11.4 Å². The van der Waals surface area contributed by atoms with E-state index in [9.17, 15) is 5.26 Å². The van der Waals surface area contributed by atoms with Gasteiger partial charge >= 0.3 is 0 Å². The van der Waals surface area contributed by atoms with Gasteiger partial charge in [-0.2, -0.15) is 5.26 Å². The molecule has 0 saturated heterocycles. The van der Waals surface area contributed by atoms with Crippen molar-refractivity contribution >= 4 is 17.3 Å². The van der Waals surface area contributed by atoms with E-state index in [1.54, 1.807) is 7.11 Å². The lowest BCUT2D eigenvalue weighted by Crippen LogP contribution is -2.35. The number of hydrogen-bond donors (Lipinski definition) is 1. The molecule has 0 spiro atoms. The molecule has 0 aromatic heterocycles.